The third-order valence-electron chi connectivity index (χ3n) is 5.50. The van der Waals surface area contributed by atoms with E-state index in [1.807, 2.05) is 28.8 Å². The van der Waals surface area contributed by atoms with Gasteiger partial charge in [-0.25, -0.2) is 0 Å². The lowest BCUT2D eigenvalue weighted by atomic mass is 9.94. The molecular formula is C21H30ClN5OS. The monoisotopic (exact) mass is 435 g/mol. The Bertz CT molecular complexity index is 804. The third kappa shape index (κ3) is 6.20. The van der Waals surface area contributed by atoms with Gasteiger partial charge in [0.1, 0.15) is 6.33 Å². The quantitative estimate of drug-likeness (QED) is 0.637. The van der Waals surface area contributed by atoms with Crippen LogP contribution in [0.3, 0.4) is 0 Å². The fourth-order valence-electron chi connectivity index (χ4n) is 3.67. The molecule has 0 saturated carbocycles. The molecule has 1 aromatic heterocycles. The standard InChI is InChI=1S/C21H30ClN5OS/c1-15(2)19(26-9-7-16(3)8-10-26)12-23-20(28)13-29-21-25-24-14-27(21)18-6-4-5-17(22)11-18/h4-6,11,14-16,19H,7-10,12-13H2,1-3H3,(H,23,28)/t19-/m1/s1. The van der Waals surface area contributed by atoms with Gasteiger partial charge in [0.15, 0.2) is 5.16 Å². The van der Waals surface area contributed by atoms with Crippen molar-refractivity contribution in [1.29, 1.82) is 0 Å². The number of hydrogen-bond acceptors (Lipinski definition) is 5. The predicted molar refractivity (Wildman–Crippen MR) is 119 cm³/mol. The van der Waals surface area contributed by atoms with Crippen LogP contribution in [0.25, 0.3) is 5.69 Å². The summed E-state index contributed by atoms with van der Waals surface area (Å²) in [7, 11) is 0. The van der Waals surface area contributed by atoms with Crippen molar-refractivity contribution in [2.75, 3.05) is 25.4 Å². The molecule has 0 bridgehead atoms. The summed E-state index contributed by atoms with van der Waals surface area (Å²) in [5.41, 5.74) is 0.879. The minimum Gasteiger partial charge on any atom is -0.354 e. The van der Waals surface area contributed by atoms with Crippen molar-refractivity contribution >= 4 is 29.3 Å². The predicted octanol–water partition coefficient (Wildman–Crippen LogP) is 3.89. The number of carbonyl (C=O) groups excluding carboxylic acids is 1. The van der Waals surface area contributed by atoms with E-state index in [-0.39, 0.29) is 5.91 Å². The average molecular weight is 436 g/mol. The highest BCUT2D eigenvalue weighted by molar-refractivity contribution is 7.99. The topological polar surface area (TPSA) is 63.1 Å². The van der Waals surface area contributed by atoms with E-state index in [2.05, 4.69) is 41.2 Å². The SMILES string of the molecule is CC1CCN([C@H](CNC(=O)CSc2nncn2-c2cccc(Cl)c2)C(C)C)CC1. The molecule has 1 aromatic carbocycles. The first kappa shape index (κ1) is 22.1. The number of nitrogens with zero attached hydrogens (tertiary/aromatic N) is 4. The summed E-state index contributed by atoms with van der Waals surface area (Å²) in [6, 6.07) is 7.87. The maximum atomic E-state index is 12.5. The van der Waals surface area contributed by atoms with Crippen LogP contribution in [0.2, 0.25) is 5.02 Å². The first-order valence-corrected chi connectivity index (χ1v) is 11.6. The summed E-state index contributed by atoms with van der Waals surface area (Å²) >= 11 is 7.46. The van der Waals surface area contributed by atoms with Gasteiger partial charge in [-0.1, -0.05) is 50.2 Å². The zero-order valence-electron chi connectivity index (χ0n) is 17.3. The molecule has 0 spiro atoms. The lowest BCUT2D eigenvalue weighted by molar-refractivity contribution is -0.118. The van der Waals surface area contributed by atoms with Crippen LogP contribution in [0.4, 0.5) is 0 Å². The van der Waals surface area contributed by atoms with Crippen LogP contribution in [0.5, 0.6) is 0 Å². The van der Waals surface area contributed by atoms with Crippen LogP contribution in [-0.2, 0) is 4.79 Å². The van der Waals surface area contributed by atoms with E-state index in [4.69, 9.17) is 11.6 Å². The molecule has 2 aromatic rings. The summed E-state index contributed by atoms with van der Waals surface area (Å²) in [6.07, 6.45) is 4.12. The number of hydrogen-bond donors (Lipinski definition) is 1. The molecule has 3 rings (SSSR count). The highest BCUT2D eigenvalue weighted by Crippen LogP contribution is 2.23. The molecular weight excluding hydrogens is 406 g/mol. The Morgan fingerprint density at radius 1 is 1.34 bits per heavy atom. The number of likely N-dealkylation sites (tertiary alicyclic amines) is 1. The van der Waals surface area contributed by atoms with Crippen molar-refractivity contribution in [3.05, 3.63) is 35.6 Å². The Kier molecular flexibility index (Phi) is 7.98. The lowest BCUT2D eigenvalue weighted by Crippen LogP contribution is -2.49. The normalized spacial score (nSPS) is 16.9. The largest absolute Gasteiger partial charge is 0.354 e. The van der Waals surface area contributed by atoms with Crippen LogP contribution < -0.4 is 5.32 Å². The van der Waals surface area contributed by atoms with Gasteiger partial charge in [-0.15, -0.1) is 10.2 Å². The maximum absolute atomic E-state index is 12.5. The molecule has 2 heterocycles. The Morgan fingerprint density at radius 2 is 2.10 bits per heavy atom. The number of benzene rings is 1. The first-order valence-electron chi connectivity index (χ1n) is 10.2. The smallest absolute Gasteiger partial charge is 0.230 e. The number of piperidine rings is 1. The molecule has 1 fully saturated rings. The molecule has 1 aliphatic rings. The minimum absolute atomic E-state index is 0.0201. The first-order chi connectivity index (χ1) is 13.9. The molecule has 1 aliphatic heterocycles. The fourth-order valence-corrected chi connectivity index (χ4v) is 4.62. The Morgan fingerprint density at radius 3 is 2.79 bits per heavy atom. The molecule has 1 saturated heterocycles. The molecule has 1 amide bonds. The summed E-state index contributed by atoms with van der Waals surface area (Å²) in [4.78, 5) is 15.0. The van der Waals surface area contributed by atoms with Gasteiger partial charge in [0, 0.05) is 17.6 Å². The van der Waals surface area contributed by atoms with E-state index < -0.39 is 0 Å². The summed E-state index contributed by atoms with van der Waals surface area (Å²) < 4.78 is 1.84. The van der Waals surface area contributed by atoms with E-state index in [1.54, 1.807) is 6.33 Å². The molecule has 1 N–H and O–H groups in total. The van der Waals surface area contributed by atoms with Gasteiger partial charge in [0.2, 0.25) is 5.91 Å². The fraction of sp³-hybridized carbons (Fsp3) is 0.571. The number of amides is 1. The van der Waals surface area contributed by atoms with Crippen molar-refractivity contribution in [3.8, 4) is 5.69 Å². The zero-order chi connectivity index (χ0) is 20.8. The third-order valence-corrected chi connectivity index (χ3v) is 6.68. The second-order valence-electron chi connectivity index (χ2n) is 8.09. The van der Waals surface area contributed by atoms with Crippen molar-refractivity contribution in [1.82, 2.24) is 25.0 Å². The van der Waals surface area contributed by atoms with Gasteiger partial charge in [-0.3, -0.25) is 14.3 Å². The van der Waals surface area contributed by atoms with Crippen molar-refractivity contribution < 1.29 is 4.79 Å². The van der Waals surface area contributed by atoms with E-state index in [0.717, 1.165) is 24.7 Å². The van der Waals surface area contributed by atoms with Crippen LogP contribution in [0.15, 0.2) is 35.7 Å². The van der Waals surface area contributed by atoms with Crippen molar-refractivity contribution in [2.24, 2.45) is 11.8 Å². The van der Waals surface area contributed by atoms with Crippen molar-refractivity contribution in [2.45, 2.75) is 44.8 Å². The molecule has 0 unspecified atom stereocenters. The zero-order valence-corrected chi connectivity index (χ0v) is 18.9. The summed E-state index contributed by atoms with van der Waals surface area (Å²) in [6.45, 7) is 9.72. The Balaban J connectivity index is 1.52. The van der Waals surface area contributed by atoms with Gasteiger partial charge >= 0.3 is 0 Å². The molecule has 1 atom stereocenters. The molecule has 158 valence electrons. The van der Waals surface area contributed by atoms with Gasteiger partial charge < -0.3 is 5.32 Å². The lowest BCUT2D eigenvalue weighted by Gasteiger charge is -2.38. The van der Waals surface area contributed by atoms with E-state index in [9.17, 15) is 4.79 Å². The molecule has 0 aliphatic carbocycles. The van der Waals surface area contributed by atoms with Gasteiger partial charge in [-0.05, 0) is 56.0 Å². The average Bonchev–Trinajstić information content (AvgIpc) is 3.16. The van der Waals surface area contributed by atoms with E-state index in [1.165, 1.54) is 24.6 Å². The van der Waals surface area contributed by atoms with E-state index in [0.29, 0.717) is 34.4 Å². The van der Waals surface area contributed by atoms with Gasteiger partial charge in [0.25, 0.3) is 0 Å². The van der Waals surface area contributed by atoms with Crippen LogP contribution in [-0.4, -0.2) is 57.0 Å². The van der Waals surface area contributed by atoms with Gasteiger partial charge in [-0.2, -0.15) is 0 Å². The Hall–Kier alpha value is -1.57. The van der Waals surface area contributed by atoms with Crippen molar-refractivity contribution in [3.63, 3.8) is 0 Å². The van der Waals surface area contributed by atoms with Gasteiger partial charge in [0.05, 0.1) is 11.4 Å². The molecule has 8 heteroatoms. The highest BCUT2D eigenvalue weighted by atomic mass is 35.5. The Labute approximate surface area is 182 Å². The number of halogens is 1. The summed E-state index contributed by atoms with van der Waals surface area (Å²) in [5, 5.41) is 12.6. The van der Waals surface area contributed by atoms with Crippen LogP contribution in [0.1, 0.15) is 33.6 Å². The number of rotatable bonds is 8. The highest BCUT2D eigenvalue weighted by Gasteiger charge is 2.26. The maximum Gasteiger partial charge on any atom is 0.230 e. The molecule has 6 nitrogen and oxygen atoms in total. The number of nitrogens with one attached hydrogen (secondary N) is 1. The summed E-state index contributed by atoms with van der Waals surface area (Å²) in [5.74, 6) is 1.64. The molecule has 0 radical (unpaired) electrons. The second-order valence-corrected chi connectivity index (χ2v) is 9.46. The second kappa shape index (κ2) is 10.5. The van der Waals surface area contributed by atoms with Crippen LogP contribution >= 0.6 is 23.4 Å². The van der Waals surface area contributed by atoms with E-state index >= 15 is 0 Å². The molecule has 29 heavy (non-hydrogen) atoms. The minimum atomic E-state index is 0.0201. The number of thioether (sulfide) groups is 1. The number of aromatic nitrogens is 3. The van der Waals surface area contributed by atoms with Crippen LogP contribution in [0, 0.1) is 11.8 Å². The number of carbonyl (C=O) groups is 1.